The second-order valence-corrected chi connectivity index (χ2v) is 7.03. The number of aromatic nitrogens is 3. The second-order valence-electron chi connectivity index (χ2n) is 5.13. The number of hydrogen-bond acceptors (Lipinski definition) is 4. The highest BCUT2D eigenvalue weighted by atomic mass is 32.2. The van der Waals surface area contributed by atoms with Gasteiger partial charge in [-0.15, -0.1) is 5.10 Å². The molecular weight excluding hydrogens is 276 g/mol. The lowest BCUT2D eigenvalue weighted by molar-refractivity contribution is 0.189. The average molecular weight is 292 g/mol. The minimum absolute atomic E-state index is 0.0809. The van der Waals surface area contributed by atoms with Crippen molar-refractivity contribution in [3.8, 4) is 0 Å². The lowest BCUT2D eigenvalue weighted by atomic mass is 10.2. The van der Waals surface area contributed by atoms with E-state index in [9.17, 15) is 8.42 Å². The minimum Gasteiger partial charge on any atom is -0.247 e. The molecule has 0 unspecified atom stereocenters. The van der Waals surface area contributed by atoms with E-state index in [1.807, 2.05) is 26.0 Å². The molecule has 0 radical (unpaired) electrons. The van der Waals surface area contributed by atoms with Crippen LogP contribution in [0.15, 0.2) is 35.5 Å². The zero-order chi connectivity index (χ0) is 14.3. The number of aryl methyl sites for hydroxylation is 2. The van der Waals surface area contributed by atoms with Gasteiger partial charge >= 0.3 is 0 Å². The van der Waals surface area contributed by atoms with E-state index in [1.165, 1.54) is 4.31 Å². The highest BCUT2D eigenvalue weighted by molar-refractivity contribution is 7.89. The predicted molar refractivity (Wildman–Crippen MR) is 73.7 cm³/mol. The van der Waals surface area contributed by atoms with Crippen molar-refractivity contribution < 1.29 is 8.42 Å². The second kappa shape index (κ2) is 4.68. The molecule has 0 bridgehead atoms. The van der Waals surface area contributed by atoms with Crippen LogP contribution in [-0.4, -0.2) is 40.8 Å². The Hall–Kier alpha value is -1.73. The Morgan fingerprint density at radius 3 is 2.65 bits per heavy atom. The first-order valence-corrected chi connectivity index (χ1v) is 7.86. The molecule has 2 heterocycles. The van der Waals surface area contributed by atoms with E-state index < -0.39 is 10.0 Å². The molecule has 0 atom stereocenters. The molecule has 20 heavy (non-hydrogen) atoms. The number of rotatable bonds is 3. The van der Waals surface area contributed by atoms with Gasteiger partial charge in [-0.05, 0) is 31.0 Å². The number of sulfonamides is 1. The first-order chi connectivity index (χ1) is 9.48. The van der Waals surface area contributed by atoms with Gasteiger partial charge in [0.05, 0.1) is 17.1 Å². The van der Waals surface area contributed by atoms with Crippen LogP contribution in [0.3, 0.4) is 0 Å². The standard InChI is InChI=1S/C13H16N4O2S/c1-10-3-4-11(2)13(7-10)20(18,19)16-8-12(9-16)17-6-5-14-15-17/h3-7,12H,8-9H2,1-2H3. The van der Waals surface area contributed by atoms with Gasteiger partial charge in [0, 0.05) is 19.3 Å². The highest BCUT2D eigenvalue weighted by Gasteiger charge is 2.38. The number of benzene rings is 1. The van der Waals surface area contributed by atoms with E-state index in [0.717, 1.165) is 11.1 Å². The Labute approximate surface area is 118 Å². The lowest BCUT2D eigenvalue weighted by Crippen LogP contribution is -2.50. The molecule has 0 saturated carbocycles. The van der Waals surface area contributed by atoms with Crippen LogP contribution in [0.5, 0.6) is 0 Å². The first kappa shape index (κ1) is 13.3. The van der Waals surface area contributed by atoms with Crippen LogP contribution < -0.4 is 0 Å². The minimum atomic E-state index is -3.41. The topological polar surface area (TPSA) is 68.1 Å². The molecular formula is C13H16N4O2S. The fourth-order valence-corrected chi connectivity index (χ4v) is 4.14. The fourth-order valence-electron chi connectivity index (χ4n) is 2.32. The predicted octanol–water partition coefficient (Wildman–Crippen LogP) is 1.14. The molecule has 0 spiro atoms. The normalized spacial score (nSPS) is 17.1. The van der Waals surface area contributed by atoms with Crippen LogP contribution in [0.4, 0.5) is 0 Å². The fraction of sp³-hybridized carbons (Fsp3) is 0.385. The van der Waals surface area contributed by atoms with E-state index in [2.05, 4.69) is 10.3 Å². The molecule has 1 saturated heterocycles. The molecule has 1 aromatic carbocycles. The van der Waals surface area contributed by atoms with Gasteiger partial charge in [0.25, 0.3) is 0 Å². The van der Waals surface area contributed by atoms with Crippen molar-refractivity contribution in [2.75, 3.05) is 13.1 Å². The third-order valence-electron chi connectivity index (χ3n) is 3.61. The van der Waals surface area contributed by atoms with Crippen molar-refractivity contribution in [1.29, 1.82) is 0 Å². The summed E-state index contributed by atoms with van der Waals surface area (Å²) in [5.74, 6) is 0. The van der Waals surface area contributed by atoms with Gasteiger partial charge < -0.3 is 0 Å². The summed E-state index contributed by atoms with van der Waals surface area (Å²) in [6, 6.07) is 5.57. The van der Waals surface area contributed by atoms with E-state index in [1.54, 1.807) is 23.1 Å². The molecule has 3 rings (SSSR count). The van der Waals surface area contributed by atoms with Crippen LogP contribution >= 0.6 is 0 Å². The maximum Gasteiger partial charge on any atom is 0.243 e. The Balaban J connectivity index is 1.82. The summed E-state index contributed by atoms with van der Waals surface area (Å²) in [5.41, 5.74) is 1.72. The van der Waals surface area contributed by atoms with Crippen LogP contribution in [0.25, 0.3) is 0 Å². The number of hydrogen-bond donors (Lipinski definition) is 0. The van der Waals surface area contributed by atoms with Gasteiger partial charge in [-0.25, -0.2) is 13.1 Å². The smallest absolute Gasteiger partial charge is 0.243 e. The van der Waals surface area contributed by atoms with Gasteiger partial charge in [-0.3, -0.25) is 0 Å². The summed E-state index contributed by atoms with van der Waals surface area (Å²) < 4.78 is 28.4. The summed E-state index contributed by atoms with van der Waals surface area (Å²) in [7, 11) is -3.41. The van der Waals surface area contributed by atoms with Crippen molar-refractivity contribution in [2.45, 2.75) is 24.8 Å². The van der Waals surface area contributed by atoms with Gasteiger partial charge in [0.15, 0.2) is 0 Å². The highest BCUT2D eigenvalue weighted by Crippen LogP contribution is 2.29. The molecule has 106 valence electrons. The van der Waals surface area contributed by atoms with E-state index in [-0.39, 0.29) is 6.04 Å². The molecule has 1 aromatic heterocycles. The van der Waals surface area contributed by atoms with Crippen LogP contribution in [-0.2, 0) is 10.0 Å². The summed E-state index contributed by atoms with van der Waals surface area (Å²) in [5, 5.41) is 7.65. The molecule has 0 N–H and O–H groups in total. The van der Waals surface area contributed by atoms with E-state index in [4.69, 9.17) is 0 Å². The summed E-state index contributed by atoms with van der Waals surface area (Å²) >= 11 is 0. The summed E-state index contributed by atoms with van der Waals surface area (Å²) in [6.07, 6.45) is 3.36. The lowest BCUT2D eigenvalue weighted by Gasteiger charge is -2.37. The maximum absolute atomic E-state index is 12.6. The molecule has 7 heteroatoms. The quantitative estimate of drug-likeness (QED) is 0.851. The van der Waals surface area contributed by atoms with Gasteiger partial charge in [-0.1, -0.05) is 17.3 Å². The van der Waals surface area contributed by atoms with E-state index in [0.29, 0.717) is 18.0 Å². The third-order valence-corrected chi connectivity index (χ3v) is 5.58. The van der Waals surface area contributed by atoms with Crippen LogP contribution in [0.2, 0.25) is 0 Å². The maximum atomic E-state index is 12.6. The van der Waals surface area contributed by atoms with Crippen molar-refractivity contribution in [1.82, 2.24) is 19.3 Å². The SMILES string of the molecule is Cc1ccc(C)c(S(=O)(=O)N2CC(n3ccnn3)C2)c1. The zero-order valence-electron chi connectivity index (χ0n) is 11.4. The van der Waals surface area contributed by atoms with Crippen molar-refractivity contribution in [3.63, 3.8) is 0 Å². The van der Waals surface area contributed by atoms with Crippen LogP contribution in [0.1, 0.15) is 17.2 Å². The molecule has 2 aromatic rings. The van der Waals surface area contributed by atoms with Crippen molar-refractivity contribution in [3.05, 3.63) is 41.7 Å². The van der Waals surface area contributed by atoms with Crippen molar-refractivity contribution in [2.24, 2.45) is 0 Å². The molecule has 0 amide bonds. The number of nitrogens with zero attached hydrogens (tertiary/aromatic N) is 4. The van der Waals surface area contributed by atoms with Crippen LogP contribution in [0, 0.1) is 13.8 Å². The largest absolute Gasteiger partial charge is 0.247 e. The van der Waals surface area contributed by atoms with Gasteiger partial charge in [-0.2, -0.15) is 4.31 Å². The molecule has 0 aliphatic carbocycles. The average Bonchev–Trinajstić information content (AvgIpc) is 2.83. The molecule has 1 aliphatic heterocycles. The Kier molecular flexibility index (Phi) is 3.10. The molecule has 6 nitrogen and oxygen atoms in total. The monoisotopic (exact) mass is 292 g/mol. The van der Waals surface area contributed by atoms with E-state index >= 15 is 0 Å². The molecule has 1 aliphatic rings. The molecule has 1 fully saturated rings. The zero-order valence-corrected chi connectivity index (χ0v) is 12.2. The van der Waals surface area contributed by atoms with Gasteiger partial charge in [0.1, 0.15) is 0 Å². The van der Waals surface area contributed by atoms with Gasteiger partial charge in [0.2, 0.25) is 10.0 Å². The summed E-state index contributed by atoms with van der Waals surface area (Å²) in [4.78, 5) is 0.398. The first-order valence-electron chi connectivity index (χ1n) is 6.41. The van der Waals surface area contributed by atoms with Crippen molar-refractivity contribution >= 4 is 10.0 Å². The Morgan fingerprint density at radius 2 is 2.00 bits per heavy atom. The Morgan fingerprint density at radius 1 is 1.25 bits per heavy atom. The summed E-state index contributed by atoms with van der Waals surface area (Å²) in [6.45, 7) is 4.60. The Bertz CT molecular complexity index is 719. The third kappa shape index (κ3) is 2.12.